The molecule has 1 N–H and O–H groups in total. The van der Waals surface area contributed by atoms with Crippen LogP contribution in [-0.2, 0) is 11.2 Å². The van der Waals surface area contributed by atoms with Crippen molar-refractivity contribution in [1.82, 2.24) is 5.32 Å². The Labute approximate surface area is 129 Å². The van der Waals surface area contributed by atoms with Gasteiger partial charge in [0.05, 0.1) is 19.6 Å². The monoisotopic (exact) mass is 303 g/mol. The number of amides is 1. The van der Waals surface area contributed by atoms with Gasteiger partial charge in [-0.1, -0.05) is 41.9 Å². The molecule has 0 fully saturated rings. The van der Waals surface area contributed by atoms with Crippen molar-refractivity contribution in [1.29, 1.82) is 0 Å². The third kappa shape index (κ3) is 4.23. The summed E-state index contributed by atoms with van der Waals surface area (Å²) in [7, 11) is 1.62. The number of hydrogen-bond donors (Lipinski definition) is 1. The van der Waals surface area contributed by atoms with Gasteiger partial charge in [0.15, 0.2) is 0 Å². The molecule has 4 heteroatoms. The van der Waals surface area contributed by atoms with Crippen molar-refractivity contribution in [3.8, 4) is 5.75 Å². The number of benzene rings is 2. The smallest absolute Gasteiger partial charge is 0.224 e. The van der Waals surface area contributed by atoms with Crippen molar-refractivity contribution in [3.63, 3.8) is 0 Å². The first kappa shape index (κ1) is 15.4. The van der Waals surface area contributed by atoms with Gasteiger partial charge in [0.2, 0.25) is 5.91 Å². The van der Waals surface area contributed by atoms with Crippen molar-refractivity contribution in [2.75, 3.05) is 7.11 Å². The van der Waals surface area contributed by atoms with Crippen molar-refractivity contribution in [2.45, 2.75) is 19.4 Å². The summed E-state index contributed by atoms with van der Waals surface area (Å²) in [5.41, 5.74) is 1.85. The molecule has 0 aliphatic heterocycles. The van der Waals surface area contributed by atoms with Gasteiger partial charge < -0.3 is 10.1 Å². The first-order valence-electron chi connectivity index (χ1n) is 6.77. The van der Waals surface area contributed by atoms with Gasteiger partial charge in [-0.05, 0) is 30.7 Å². The Morgan fingerprint density at radius 1 is 1.24 bits per heavy atom. The normalized spacial score (nSPS) is 11.8. The van der Waals surface area contributed by atoms with E-state index >= 15 is 0 Å². The first-order valence-corrected chi connectivity index (χ1v) is 7.14. The SMILES string of the molecule is COc1ccccc1[C@H](C)NC(=O)Cc1cccc(Cl)c1. The predicted molar refractivity (Wildman–Crippen MR) is 84.7 cm³/mol. The average molecular weight is 304 g/mol. The Hall–Kier alpha value is -2.00. The van der Waals surface area contributed by atoms with Crippen LogP contribution in [0.3, 0.4) is 0 Å². The Bertz CT molecular complexity index is 628. The lowest BCUT2D eigenvalue weighted by Crippen LogP contribution is -2.28. The fourth-order valence-electron chi connectivity index (χ4n) is 2.23. The number of para-hydroxylation sites is 1. The van der Waals surface area contributed by atoms with Gasteiger partial charge in [-0.3, -0.25) is 4.79 Å². The summed E-state index contributed by atoms with van der Waals surface area (Å²) in [5.74, 6) is 0.726. The summed E-state index contributed by atoms with van der Waals surface area (Å²) >= 11 is 5.92. The van der Waals surface area contributed by atoms with Crippen LogP contribution in [0.15, 0.2) is 48.5 Å². The molecule has 1 amide bonds. The molecule has 0 saturated carbocycles. The molecule has 0 unspecified atom stereocenters. The number of carbonyl (C=O) groups is 1. The summed E-state index contributed by atoms with van der Waals surface area (Å²) in [5, 5.41) is 3.61. The largest absolute Gasteiger partial charge is 0.496 e. The van der Waals surface area contributed by atoms with Gasteiger partial charge in [0, 0.05) is 10.6 Å². The molecule has 0 aliphatic rings. The molecular formula is C17H18ClNO2. The van der Waals surface area contributed by atoms with E-state index < -0.39 is 0 Å². The summed E-state index contributed by atoms with van der Waals surface area (Å²) in [6.45, 7) is 1.94. The lowest BCUT2D eigenvalue weighted by atomic mass is 10.1. The third-order valence-corrected chi connectivity index (χ3v) is 3.47. The second-order valence-corrected chi connectivity index (χ2v) is 5.27. The summed E-state index contributed by atoms with van der Waals surface area (Å²) < 4.78 is 5.31. The Kier molecular flexibility index (Phi) is 5.23. The van der Waals surface area contributed by atoms with Crippen LogP contribution in [0.5, 0.6) is 5.75 Å². The first-order chi connectivity index (χ1) is 10.1. The van der Waals surface area contributed by atoms with E-state index in [4.69, 9.17) is 16.3 Å². The van der Waals surface area contributed by atoms with Crippen molar-refractivity contribution < 1.29 is 9.53 Å². The second-order valence-electron chi connectivity index (χ2n) is 4.84. The van der Waals surface area contributed by atoms with E-state index in [1.807, 2.05) is 43.3 Å². The number of rotatable bonds is 5. The van der Waals surface area contributed by atoms with Crippen LogP contribution in [0.2, 0.25) is 5.02 Å². The van der Waals surface area contributed by atoms with Gasteiger partial charge in [-0.25, -0.2) is 0 Å². The van der Waals surface area contributed by atoms with Crippen LogP contribution >= 0.6 is 11.6 Å². The van der Waals surface area contributed by atoms with Gasteiger partial charge in [-0.2, -0.15) is 0 Å². The summed E-state index contributed by atoms with van der Waals surface area (Å²) in [6.07, 6.45) is 0.306. The lowest BCUT2D eigenvalue weighted by Gasteiger charge is -2.17. The molecule has 0 bridgehead atoms. The molecular weight excluding hydrogens is 286 g/mol. The summed E-state index contributed by atoms with van der Waals surface area (Å²) in [6, 6.07) is 14.9. The lowest BCUT2D eigenvalue weighted by molar-refractivity contribution is -0.121. The van der Waals surface area contributed by atoms with E-state index in [1.165, 1.54) is 0 Å². The molecule has 2 aromatic rings. The highest BCUT2D eigenvalue weighted by atomic mass is 35.5. The fourth-order valence-corrected chi connectivity index (χ4v) is 2.44. The highest BCUT2D eigenvalue weighted by molar-refractivity contribution is 6.30. The third-order valence-electron chi connectivity index (χ3n) is 3.24. The van der Waals surface area contributed by atoms with Gasteiger partial charge in [-0.15, -0.1) is 0 Å². The highest BCUT2D eigenvalue weighted by Gasteiger charge is 2.13. The number of halogens is 1. The van der Waals surface area contributed by atoms with E-state index in [2.05, 4.69) is 5.32 Å². The minimum Gasteiger partial charge on any atom is -0.496 e. The highest BCUT2D eigenvalue weighted by Crippen LogP contribution is 2.24. The Morgan fingerprint density at radius 3 is 2.71 bits per heavy atom. The van der Waals surface area contributed by atoms with Crippen LogP contribution < -0.4 is 10.1 Å². The molecule has 0 radical (unpaired) electrons. The molecule has 0 saturated heterocycles. The standard InChI is InChI=1S/C17H18ClNO2/c1-12(15-8-3-4-9-16(15)21-2)19-17(20)11-13-6-5-7-14(18)10-13/h3-10,12H,11H2,1-2H3,(H,19,20)/t12-/m0/s1. The van der Waals surface area contributed by atoms with Crippen LogP contribution in [-0.4, -0.2) is 13.0 Å². The van der Waals surface area contributed by atoms with Gasteiger partial charge >= 0.3 is 0 Å². The van der Waals surface area contributed by atoms with Crippen LogP contribution in [0.25, 0.3) is 0 Å². The zero-order valence-electron chi connectivity index (χ0n) is 12.1. The second kappa shape index (κ2) is 7.14. The topological polar surface area (TPSA) is 38.3 Å². The minimum atomic E-state index is -0.118. The number of carbonyl (C=O) groups excluding carboxylic acids is 1. The number of methoxy groups -OCH3 is 1. The van der Waals surface area contributed by atoms with Crippen LogP contribution in [0.1, 0.15) is 24.1 Å². The summed E-state index contributed by atoms with van der Waals surface area (Å²) in [4.78, 5) is 12.1. The molecule has 0 heterocycles. The van der Waals surface area contributed by atoms with E-state index in [9.17, 15) is 4.79 Å². The van der Waals surface area contributed by atoms with E-state index in [0.717, 1.165) is 16.9 Å². The molecule has 0 aromatic heterocycles. The van der Waals surface area contributed by atoms with E-state index in [-0.39, 0.29) is 11.9 Å². The maximum atomic E-state index is 12.1. The quantitative estimate of drug-likeness (QED) is 0.913. The van der Waals surface area contributed by atoms with Gasteiger partial charge in [0.25, 0.3) is 0 Å². The van der Waals surface area contributed by atoms with Crippen molar-refractivity contribution in [3.05, 3.63) is 64.7 Å². The Balaban J connectivity index is 2.02. The zero-order valence-corrected chi connectivity index (χ0v) is 12.9. The molecule has 3 nitrogen and oxygen atoms in total. The minimum absolute atomic E-state index is 0.0457. The molecule has 0 aliphatic carbocycles. The molecule has 110 valence electrons. The maximum Gasteiger partial charge on any atom is 0.224 e. The van der Waals surface area contributed by atoms with Crippen molar-refractivity contribution in [2.24, 2.45) is 0 Å². The van der Waals surface area contributed by atoms with Crippen molar-refractivity contribution >= 4 is 17.5 Å². The number of ether oxygens (including phenoxy) is 1. The Morgan fingerprint density at radius 2 is 2.00 bits per heavy atom. The molecule has 2 aromatic carbocycles. The molecule has 1 atom stereocenters. The molecule has 21 heavy (non-hydrogen) atoms. The molecule has 0 spiro atoms. The zero-order chi connectivity index (χ0) is 15.2. The predicted octanol–water partition coefficient (Wildman–Crippen LogP) is 3.77. The average Bonchev–Trinajstić information content (AvgIpc) is 2.47. The maximum absolute atomic E-state index is 12.1. The van der Waals surface area contributed by atoms with E-state index in [1.54, 1.807) is 19.2 Å². The number of hydrogen-bond acceptors (Lipinski definition) is 2. The number of nitrogens with one attached hydrogen (secondary N) is 1. The molecule has 2 rings (SSSR count). The van der Waals surface area contributed by atoms with E-state index in [0.29, 0.717) is 11.4 Å². The van der Waals surface area contributed by atoms with Gasteiger partial charge in [0.1, 0.15) is 5.75 Å². The van der Waals surface area contributed by atoms with Crippen LogP contribution in [0, 0.1) is 0 Å². The van der Waals surface area contributed by atoms with Crippen LogP contribution in [0.4, 0.5) is 0 Å². The fraction of sp³-hybridized carbons (Fsp3) is 0.235.